The number of carbonyl (C=O) groups is 1. The highest BCUT2D eigenvalue weighted by Gasteiger charge is 2.20. The van der Waals surface area contributed by atoms with Crippen LogP contribution >= 0.6 is 23.1 Å². The second-order valence-corrected chi connectivity index (χ2v) is 9.47. The number of amides is 1. The number of H-pyrrole nitrogens is 1. The summed E-state index contributed by atoms with van der Waals surface area (Å²) in [6.07, 6.45) is 4.37. The molecule has 0 aliphatic heterocycles. The Morgan fingerprint density at radius 1 is 1.29 bits per heavy atom. The van der Waals surface area contributed by atoms with Crippen LogP contribution in [-0.2, 0) is 29.9 Å². The highest BCUT2D eigenvalue weighted by Crippen LogP contribution is 2.33. The lowest BCUT2D eigenvalue weighted by Gasteiger charge is -2.12. The third-order valence-electron chi connectivity index (χ3n) is 5.02. The summed E-state index contributed by atoms with van der Waals surface area (Å²) in [4.78, 5) is 34.7. The van der Waals surface area contributed by atoms with Gasteiger partial charge in [-0.1, -0.05) is 30.3 Å². The number of fused-ring (bicyclic) bond motifs is 3. The molecule has 0 unspecified atom stereocenters. The first-order chi connectivity index (χ1) is 13.6. The lowest BCUT2D eigenvalue weighted by Crippen LogP contribution is -2.30. The number of nitrogens with zero attached hydrogens (tertiary/aromatic N) is 1. The molecule has 1 amide bonds. The zero-order chi connectivity index (χ0) is 19.5. The van der Waals surface area contributed by atoms with Crippen molar-refractivity contribution in [1.29, 1.82) is 0 Å². The van der Waals surface area contributed by atoms with E-state index in [0.717, 1.165) is 35.0 Å². The van der Waals surface area contributed by atoms with E-state index < -0.39 is 0 Å². The molecule has 0 spiro atoms. The average Bonchev–Trinajstić information content (AvgIpc) is 3.09. The zero-order valence-electron chi connectivity index (χ0n) is 15.8. The predicted molar refractivity (Wildman–Crippen MR) is 116 cm³/mol. The van der Waals surface area contributed by atoms with Gasteiger partial charge in [0.2, 0.25) is 5.91 Å². The monoisotopic (exact) mass is 413 g/mol. The number of thiophene rings is 1. The quantitative estimate of drug-likeness (QED) is 0.645. The van der Waals surface area contributed by atoms with Gasteiger partial charge in [0.15, 0.2) is 0 Å². The van der Waals surface area contributed by atoms with Crippen molar-refractivity contribution in [2.75, 3.05) is 0 Å². The van der Waals surface area contributed by atoms with Crippen molar-refractivity contribution in [3.8, 4) is 0 Å². The number of aromatic amines is 1. The third kappa shape index (κ3) is 4.15. The van der Waals surface area contributed by atoms with Crippen molar-refractivity contribution in [2.24, 2.45) is 0 Å². The topological polar surface area (TPSA) is 74.8 Å². The molecule has 2 aromatic heterocycles. The fourth-order valence-corrected chi connectivity index (χ4v) is 5.55. The van der Waals surface area contributed by atoms with E-state index in [2.05, 4.69) is 15.3 Å². The Bertz CT molecular complexity index is 1040. The summed E-state index contributed by atoms with van der Waals surface area (Å²) in [5.74, 6) is 1.14. The summed E-state index contributed by atoms with van der Waals surface area (Å²) >= 11 is 3.14. The van der Waals surface area contributed by atoms with Crippen molar-refractivity contribution in [2.45, 2.75) is 50.2 Å². The highest BCUT2D eigenvalue weighted by molar-refractivity contribution is 7.99. The van der Waals surface area contributed by atoms with Gasteiger partial charge in [0.1, 0.15) is 10.7 Å². The molecular weight excluding hydrogens is 390 g/mol. The normalized spacial score (nSPS) is 14.6. The Kier molecular flexibility index (Phi) is 5.82. The Morgan fingerprint density at radius 3 is 2.89 bits per heavy atom. The molecule has 2 heterocycles. The van der Waals surface area contributed by atoms with Crippen LogP contribution in [-0.4, -0.2) is 21.1 Å². The van der Waals surface area contributed by atoms with Crippen molar-refractivity contribution in [1.82, 2.24) is 15.3 Å². The van der Waals surface area contributed by atoms with Gasteiger partial charge in [-0.2, -0.15) is 0 Å². The number of rotatable bonds is 6. The second kappa shape index (κ2) is 8.49. The molecule has 1 atom stereocenters. The summed E-state index contributed by atoms with van der Waals surface area (Å²) in [6, 6.07) is 9.85. The summed E-state index contributed by atoms with van der Waals surface area (Å²) in [5.41, 5.74) is 2.24. The van der Waals surface area contributed by atoms with Gasteiger partial charge in [-0.25, -0.2) is 4.98 Å². The van der Waals surface area contributed by atoms with Crippen molar-refractivity contribution in [3.63, 3.8) is 0 Å². The van der Waals surface area contributed by atoms with Gasteiger partial charge in [-0.05, 0) is 43.7 Å². The van der Waals surface area contributed by atoms with Crippen LogP contribution in [0.2, 0.25) is 0 Å². The van der Waals surface area contributed by atoms with Crippen molar-refractivity contribution < 1.29 is 4.79 Å². The van der Waals surface area contributed by atoms with E-state index in [1.165, 1.54) is 28.6 Å². The molecule has 4 rings (SSSR count). The molecule has 2 N–H and O–H groups in total. The summed E-state index contributed by atoms with van der Waals surface area (Å²) in [6.45, 7) is 2.40. The molecule has 0 saturated carbocycles. The number of nitrogens with one attached hydrogen (secondary N) is 2. The molecule has 1 aromatic carbocycles. The zero-order valence-corrected chi connectivity index (χ0v) is 17.4. The van der Waals surface area contributed by atoms with Crippen LogP contribution < -0.4 is 10.9 Å². The van der Waals surface area contributed by atoms with Crippen LogP contribution in [0.15, 0.2) is 35.1 Å². The molecule has 1 aliphatic carbocycles. The molecule has 0 fully saturated rings. The smallest absolute Gasteiger partial charge is 0.259 e. The van der Waals surface area contributed by atoms with Gasteiger partial charge in [-0.3, -0.25) is 9.59 Å². The number of hydrogen-bond donors (Lipinski definition) is 2. The first-order valence-electron chi connectivity index (χ1n) is 9.58. The third-order valence-corrected chi connectivity index (χ3v) is 7.36. The van der Waals surface area contributed by atoms with E-state index in [1.807, 2.05) is 37.3 Å². The van der Waals surface area contributed by atoms with Gasteiger partial charge < -0.3 is 10.3 Å². The first kappa shape index (κ1) is 19.2. The van der Waals surface area contributed by atoms with Gasteiger partial charge in [0.25, 0.3) is 5.56 Å². The average molecular weight is 414 g/mol. The Labute approximate surface area is 172 Å². The largest absolute Gasteiger partial charge is 0.351 e. The van der Waals surface area contributed by atoms with Crippen molar-refractivity contribution in [3.05, 3.63) is 62.5 Å². The number of aromatic nitrogens is 2. The fraction of sp³-hybridized carbons (Fsp3) is 0.381. The first-order valence-corrected chi connectivity index (χ1v) is 11.4. The molecule has 0 radical (unpaired) electrons. The van der Waals surface area contributed by atoms with Gasteiger partial charge in [0.05, 0.1) is 16.4 Å². The second-order valence-electron chi connectivity index (χ2n) is 7.06. The Morgan fingerprint density at radius 2 is 2.07 bits per heavy atom. The maximum atomic E-state index is 12.6. The van der Waals surface area contributed by atoms with E-state index in [0.29, 0.717) is 18.1 Å². The minimum atomic E-state index is -0.221. The number of hydrogen-bond acceptors (Lipinski definition) is 5. The van der Waals surface area contributed by atoms with Crippen LogP contribution in [0.3, 0.4) is 0 Å². The molecule has 5 nitrogen and oxygen atoms in total. The lowest BCUT2D eigenvalue weighted by atomic mass is 9.97. The van der Waals surface area contributed by atoms with Gasteiger partial charge in [0, 0.05) is 11.4 Å². The Hall–Kier alpha value is -2.12. The van der Waals surface area contributed by atoms with Crippen LogP contribution in [0.1, 0.15) is 41.6 Å². The molecular formula is C21H23N3O2S2. The van der Waals surface area contributed by atoms with Gasteiger partial charge >= 0.3 is 0 Å². The maximum Gasteiger partial charge on any atom is 0.259 e. The van der Waals surface area contributed by atoms with E-state index in [-0.39, 0.29) is 16.7 Å². The number of benzene rings is 1. The van der Waals surface area contributed by atoms with Crippen LogP contribution in [0.4, 0.5) is 0 Å². The molecule has 7 heteroatoms. The fourth-order valence-electron chi connectivity index (χ4n) is 3.49. The molecule has 146 valence electrons. The van der Waals surface area contributed by atoms with Crippen molar-refractivity contribution >= 4 is 39.2 Å². The lowest BCUT2D eigenvalue weighted by molar-refractivity contribution is -0.120. The summed E-state index contributed by atoms with van der Waals surface area (Å²) in [7, 11) is 0. The van der Waals surface area contributed by atoms with Crippen LogP contribution in [0.5, 0.6) is 0 Å². The summed E-state index contributed by atoms with van der Waals surface area (Å²) < 4.78 is 0. The van der Waals surface area contributed by atoms with E-state index in [1.54, 1.807) is 11.3 Å². The Balaban J connectivity index is 1.39. The minimum Gasteiger partial charge on any atom is -0.351 e. The maximum absolute atomic E-state index is 12.6. The van der Waals surface area contributed by atoms with Crippen LogP contribution in [0.25, 0.3) is 10.2 Å². The molecule has 0 saturated heterocycles. The molecule has 28 heavy (non-hydrogen) atoms. The van der Waals surface area contributed by atoms with E-state index in [9.17, 15) is 9.59 Å². The van der Waals surface area contributed by atoms with E-state index in [4.69, 9.17) is 0 Å². The molecule has 0 bridgehead atoms. The predicted octanol–water partition coefficient (Wildman–Crippen LogP) is 3.80. The van der Waals surface area contributed by atoms with Gasteiger partial charge in [-0.15, -0.1) is 23.1 Å². The summed E-state index contributed by atoms with van der Waals surface area (Å²) in [5, 5.41) is 3.52. The SMILES string of the molecule is C[C@H](SCc1nc2sc3c(c2c(=O)[nH]1)CCCC3)C(=O)NCc1ccccc1. The standard InChI is InChI=1S/C21H23N3O2S2/c1-13(19(25)22-11-14-7-3-2-4-8-14)27-12-17-23-20(26)18-15-9-5-6-10-16(15)28-21(18)24-17/h2-4,7-8,13H,5-6,9-12H2,1H3,(H,22,25)(H,23,24,26)/t13-/m0/s1. The van der Waals surface area contributed by atoms with Crippen LogP contribution in [0, 0.1) is 0 Å². The number of carbonyl (C=O) groups excluding carboxylic acids is 1. The number of thioether (sulfide) groups is 1. The molecule has 3 aromatic rings. The minimum absolute atomic E-state index is 0.0103. The number of aryl methyl sites for hydroxylation is 2. The van der Waals surface area contributed by atoms with E-state index >= 15 is 0 Å². The highest BCUT2D eigenvalue weighted by atomic mass is 32.2. The molecule has 1 aliphatic rings.